The minimum atomic E-state index is 0.549. The van der Waals surface area contributed by atoms with Crippen molar-refractivity contribution < 1.29 is 9.15 Å². The van der Waals surface area contributed by atoms with Gasteiger partial charge in [-0.2, -0.15) is 0 Å². The van der Waals surface area contributed by atoms with Crippen LogP contribution < -0.4 is 5.32 Å². The molecule has 4 nitrogen and oxygen atoms in total. The van der Waals surface area contributed by atoms with E-state index in [1.165, 1.54) is 12.8 Å². The van der Waals surface area contributed by atoms with Crippen molar-refractivity contribution in [2.75, 3.05) is 45.9 Å². The van der Waals surface area contributed by atoms with Gasteiger partial charge in [-0.05, 0) is 37.4 Å². The van der Waals surface area contributed by atoms with Crippen molar-refractivity contribution in [3.05, 3.63) is 24.2 Å². The van der Waals surface area contributed by atoms with Gasteiger partial charge in [0.25, 0.3) is 0 Å². The van der Waals surface area contributed by atoms with Gasteiger partial charge in [-0.1, -0.05) is 20.3 Å². The summed E-state index contributed by atoms with van der Waals surface area (Å²) in [6.07, 6.45) is 5.43. The summed E-state index contributed by atoms with van der Waals surface area (Å²) < 4.78 is 11.0. The van der Waals surface area contributed by atoms with Crippen LogP contribution in [0.1, 0.15) is 44.8 Å². The number of nitrogens with one attached hydrogen (secondary N) is 1. The SMILES string of the molecule is CC(C)CCC(CCNCCN1CCOCC1)c1ccco1. The van der Waals surface area contributed by atoms with E-state index in [9.17, 15) is 0 Å². The van der Waals surface area contributed by atoms with Crippen molar-refractivity contribution in [2.24, 2.45) is 5.92 Å². The van der Waals surface area contributed by atoms with Crippen molar-refractivity contribution >= 4 is 0 Å². The molecule has 2 heterocycles. The zero-order chi connectivity index (χ0) is 15.6. The Hall–Kier alpha value is -0.840. The maximum atomic E-state index is 5.63. The highest BCUT2D eigenvalue weighted by Gasteiger charge is 2.15. The molecule has 1 N–H and O–H groups in total. The summed E-state index contributed by atoms with van der Waals surface area (Å²) >= 11 is 0. The fraction of sp³-hybridized carbons (Fsp3) is 0.778. The predicted molar refractivity (Wildman–Crippen MR) is 90.3 cm³/mol. The highest BCUT2D eigenvalue weighted by molar-refractivity contribution is 5.05. The Labute approximate surface area is 135 Å². The zero-order valence-corrected chi connectivity index (χ0v) is 14.2. The lowest BCUT2D eigenvalue weighted by atomic mass is 9.93. The van der Waals surface area contributed by atoms with Gasteiger partial charge in [-0.3, -0.25) is 4.90 Å². The second-order valence-electron chi connectivity index (χ2n) is 6.68. The first-order chi connectivity index (χ1) is 10.8. The number of ether oxygens (including phenoxy) is 1. The van der Waals surface area contributed by atoms with Gasteiger partial charge in [-0.25, -0.2) is 0 Å². The average Bonchev–Trinajstić information content (AvgIpc) is 3.05. The molecule has 2 rings (SSSR count). The number of furan rings is 1. The maximum Gasteiger partial charge on any atom is 0.106 e. The minimum Gasteiger partial charge on any atom is -0.469 e. The van der Waals surface area contributed by atoms with Crippen LogP contribution in [0.5, 0.6) is 0 Å². The molecule has 4 heteroatoms. The lowest BCUT2D eigenvalue weighted by Crippen LogP contribution is -2.40. The summed E-state index contributed by atoms with van der Waals surface area (Å²) in [6.45, 7) is 11.8. The average molecular weight is 308 g/mol. The van der Waals surface area contributed by atoms with Crippen molar-refractivity contribution in [2.45, 2.75) is 39.0 Å². The summed E-state index contributed by atoms with van der Waals surface area (Å²) in [4.78, 5) is 2.47. The summed E-state index contributed by atoms with van der Waals surface area (Å²) in [5.41, 5.74) is 0. The smallest absolute Gasteiger partial charge is 0.106 e. The molecule has 0 bridgehead atoms. The lowest BCUT2D eigenvalue weighted by Gasteiger charge is -2.26. The van der Waals surface area contributed by atoms with E-state index in [0.29, 0.717) is 5.92 Å². The van der Waals surface area contributed by atoms with Crippen LogP contribution in [0.2, 0.25) is 0 Å². The van der Waals surface area contributed by atoms with Crippen LogP contribution in [-0.4, -0.2) is 50.8 Å². The summed E-state index contributed by atoms with van der Waals surface area (Å²) in [5.74, 6) is 2.45. The molecule has 0 saturated carbocycles. The van der Waals surface area contributed by atoms with Crippen molar-refractivity contribution in [3.8, 4) is 0 Å². The second-order valence-corrected chi connectivity index (χ2v) is 6.68. The number of hydrogen-bond acceptors (Lipinski definition) is 4. The van der Waals surface area contributed by atoms with Gasteiger partial charge in [0, 0.05) is 32.1 Å². The van der Waals surface area contributed by atoms with Gasteiger partial charge in [0.15, 0.2) is 0 Å². The molecule has 1 aromatic rings. The van der Waals surface area contributed by atoms with E-state index >= 15 is 0 Å². The molecule has 0 amide bonds. The standard InChI is InChI=1S/C18H32N2O2/c1-16(2)5-6-17(18-4-3-13-22-18)7-8-19-9-10-20-11-14-21-15-12-20/h3-4,13,16-17,19H,5-12,14-15H2,1-2H3. The van der Waals surface area contributed by atoms with Crippen LogP contribution in [0.4, 0.5) is 0 Å². The largest absolute Gasteiger partial charge is 0.469 e. The van der Waals surface area contributed by atoms with Gasteiger partial charge in [0.05, 0.1) is 19.5 Å². The quantitative estimate of drug-likeness (QED) is 0.674. The number of rotatable bonds is 10. The van der Waals surface area contributed by atoms with Crippen LogP contribution in [0, 0.1) is 5.92 Å². The molecule has 0 aliphatic carbocycles. The zero-order valence-electron chi connectivity index (χ0n) is 14.2. The second kappa shape index (κ2) is 10.0. The van der Waals surface area contributed by atoms with Gasteiger partial charge in [-0.15, -0.1) is 0 Å². The summed E-state index contributed by atoms with van der Waals surface area (Å²) in [5, 5.41) is 3.59. The molecule has 0 spiro atoms. The Morgan fingerprint density at radius 1 is 1.14 bits per heavy atom. The van der Waals surface area contributed by atoms with E-state index in [-0.39, 0.29) is 0 Å². The third-order valence-electron chi connectivity index (χ3n) is 4.42. The molecule has 0 aromatic carbocycles. The van der Waals surface area contributed by atoms with Crippen molar-refractivity contribution in [3.63, 3.8) is 0 Å². The molecule has 126 valence electrons. The van der Waals surface area contributed by atoms with Crippen molar-refractivity contribution in [1.82, 2.24) is 10.2 Å². The van der Waals surface area contributed by atoms with Gasteiger partial charge >= 0.3 is 0 Å². The molecule has 1 saturated heterocycles. The van der Waals surface area contributed by atoms with E-state index in [4.69, 9.17) is 9.15 Å². The molecule has 1 unspecified atom stereocenters. The molecule has 22 heavy (non-hydrogen) atoms. The van der Waals surface area contributed by atoms with Gasteiger partial charge < -0.3 is 14.5 Å². The Balaban J connectivity index is 1.63. The first-order valence-corrected chi connectivity index (χ1v) is 8.80. The predicted octanol–water partition coefficient (Wildman–Crippen LogP) is 3.11. The van der Waals surface area contributed by atoms with E-state index in [2.05, 4.69) is 30.1 Å². The van der Waals surface area contributed by atoms with Gasteiger partial charge in [0.2, 0.25) is 0 Å². The Kier molecular flexibility index (Phi) is 7.99. The molecular weight excluding hydrogens is 276 g/mol. The Morgan fingerprint density at radius 2 is 1.95 bits per heavy atom. The number of hydrogen-bond donors (Lipinski definition) is 1. The topological polar surface area (TPSA) is 37.6 Å². The monoisotopic (exact) mass is 308 g/mol. The molecule has 1 atom stereocenters. The van der Waals surface area contributed by atoms with E-state index in [1.54, 1.807) is 6.26 Å². The molecule has 1 aliphatic rings. The lowest BCUT2D eigenvalue weighted by molar-refractivity contribution is 0.0384. The Morgan fingerprint density at radius 3 is 2.64 bits per heavy atom. The van der Waals surface area contributed by atoms with Crippen molar-refractivity contribution in [1.29, 1.82) is 0 Å². The van der Waals surface area contributed by atoms with Crippen LogP contribution in [0.15, 0.2) is 22.8 Å². The van der Waals surface area contributed by atoms with Crippen LogP contribution in [0.25, 0.3) is 0 Å². The fourth-order valence-corrected chi connectivity index (χ4v) is 2.95. The summed E-state index contributed by atoms with van der Waals surface area (Å²) in [7, 11) is 0. The first-order valence-electron chi connectivity index (χ1n) is 8.80. The molecular formula is C18H32N2O2. The van der Waals surface area contributed by atoms with E-state index < -0.39 is 0 Å². The van der Waals surface area contributed by atoms with E-state index in [1.807, 2.05) is 6.07 Å². The van der Waals surface area contributed by atoms with E-state index in [0.717, 1.165) is 64.0 Å². The first kappa shape index (κ1) is 17.5. The van der Waals surface area contributed by atoms with Crippen LogP contribution >= 0.6 is 0 Å². The molecule has 1 aromatic heterocycles. The third-order valence-corrected chi connectivity index (χ3v) is 4.42. The van der Waals surface area contributed by atoms with Crippen LogP contribution in [0.3, 0.4) is 0 Å². The minimum absolute atomic E-state index is 0.549. The Bertz CT molecular complexity index is 372. The highest BCUT2D eigenvalue weighted by atomic mass is 16.5. The highest BCUT2D eigenvalue weighted by Crippen LogP contribution is 2.26. The third kappa shape index (κ3) is 6.51. The molecule has 0 radical (unpaired) electrons. The number of nitrogens with zero attached hydrogens (tertiary/aromatic N) is 1. The molecule has 1 fully saturated rings. The van der Waals surface area contributed by atoms with Gasteiger partial charge in [0.1, 0.15) is 5.76 Å². The fourth-order valence-electron chi connectivity index (χ4n) is 2.95. The normalized spacial score (nSPS) is 18.0. The van der Waals surface area contributed by atoms with Crippen LogP contribution in [-0.2, 0) is 4.74 Å². The molecule has 1 aliphatic heterocycles. The number of morpholine rings is 1. The maximum absolute atomic E-state index is 5.63. The summed E-state index contributed by atoms with van der Waals surface area (Å²) in [6, 6.07) is 4.13.